The Bertz CT molecular complexity index is 468. The van der Waals surface area contributed by atoms with Crippen LogP contribution in [0.15, 0.2) is 0 Å². The summed E-state index contributed by atoms with van der Waals surface area (Å²) >= 11 is 0. The van der Waals surface area contributed by atoms with Gasteiger partial charge in [0.15, 0.2) is 0 Å². The molecule has 1 heterocycles. The first kappa shape index (κ1) is 22.2. The number of aliphatic carboxylic acids is 1. The Morgan fingerprint density at radius 2 is 1.79 bits per heavy atom. The van der Waals surface area contributed by atoms with Crippen molar-refractivity contribution in [3.8, 4) is 6.07 Å². The number of carboxylic acids is 1. The number of nitriles is 1. The van der Waals surface area contributed by atoms with Gasteiger partial charge in [-0.25, -0.2) is 4.79 Å². The lowest BCUT2D eigenvalue weighted by Gasteiger charge is -2.30. The Morgan fingerprint density at radius 1 is 1.33 bits per heavy atom. The first-order valence-electron chi connectivity index (χ1n) is 7.61. The average molecular weight is 352 g/mol. The van der Waals surface area contributed by atoms with E-state index in [0.717, 1.165) is 32.1 Å². The van der Waals surface area contributed by atoms with Crippen LogP contribution < -0.4 is 5.32 Å². The molecule has 0 saturated carbocycles. The highest BCUT2D eigenvalue weighted by atomic mass is 19.4. The van der Waals surface area contributed by atoms with Crippen LogP contribution in [-0.4, -0.2) is 42.4 Å². The molecule has 2 atom stereocenters. The number of rotatable bonds is 5. The van der Waals surface area contributed by atoms with Crippen molar-refractivity contribution in [2.75, 3.05) is 7.11 Å². The minimum atomic E-state index is -5.08. The van der Waals surface area contributed by atoms with Gasteiger partial charge in [-0.05, 0) is 19.3 Å². The van der Waals surface area contributed by atoms with Crippen LogP contribution in [0.25, 0.3) is 0 Å². The molecule has 0 aliphatic carbocycles. The summed E-state index contributed by atoms with van der Waals surface area (Å²) in [5.74, 6) is -3.01. The number of carbonyl (C=O) groups is 2. The van der Waals surface area contributed by atoms with Crippen LogP contribution in [-0.2, 0) is 14.3 Å². The zero-order valence-electron chi connectivity index (χ0n) is 13.9. The van der Waals surface area contributed by atoms with Crippen molar-refractivity contribution in [1.82, 2.24) is 5.32 Å². The van der Waals surface area contributed by atoms with Gasteiger partial charge in [0, 0.05) is 5.41 Å². The SMILES string of the molecule is CCCC1(CCC)C[C@@H](C(=O)OC)NC1C#N.O=C(O)C(F)(F)F. The third kappa shape index (κ3) is 6.00. The summed E-state index contributed by atoms with van der Waals surface area (Å²) in [5.41, 5.74) is -0.0584. The van der Waals surface area contributed by atoms with Crippen LogP contribution in [0.4, 0.5) is 13.2 Å². The number of alkyl halides is 3. The second-order valence-electron chi connectivity index (χ2n) is 5.67. The van der Waals surface area contributed by atoms with E-state index in [1.54, 1.807) is 0 Å². The zero-order valence-corrected chi connectivity index (χ0v) is 13.9. The van der Waals surface area contributed by atoms with Crippen LogP contribution in [0.5, 0.6) is 0 Å². The maximum atomic E-state index is 11.6. The maximum Gasteiger partial charge on any atom is 0.490 e. The van der Waals surface area contributed by atoms with E-state index in [2.05, 4.69) is 25.2 Å². The molecule has 6 nitrogen and oxygen atoms in total. The third-order valence-corrected chi connectivity index (χ3v) is 3.94. The molecule has 1 fully saturated rings. The van der Waals surface area contributed by atoms with Crippen LogP contribution in [0.1, 0.15) is 46.0 Å². The van der Waals surface area contributed by atoms with E-state index < -0.39 is 12.1 Å². The summed E-state index contributed by atoms with van der Waals surface area (Å²) in [6.07, 6.45) is -0.319. The number of hydrogen-bond donors (Lipinski definition) is 2. The third-order valence-electron chi connectivity index (χ3n) is 3.94. The number of carboxylic acid groups (broad SMARTS) is 1. The van der Waals surface area contributed by atoms with Crippen molar-refractivity contribution in [3.05, 3.63) is 0 Å². The Balaban J connectivity index is 0.000000640. The lowest BCUT2D eigenvalue weighted by Crippen LogP contribution is -2.38. The minimum Gasteiger partial charge on any atom is -0.475 e. The first-order valence-corrected chi connectivity index (χ1v) is 7.61. The van der Waals surface area contributed by atoms with Gasteiger partial charge in [0.2, 0.25) is 0 Å². The second kappa shape index (κ2) is 9.47. The van der Waals surface area contributed by atoms with Crippen molar-refractivity contribution in [2.24, 2.45) is 5.41 Å². The number of carbonyl (C=O) groups excluding carboxylic acids is 1. The lowest BCUT2D eigenvalue weighted by molar-refractivity contribution is -0.192. The van der Waals surface area contributed by atoms with Crippen molar-refractivity contribution >= 4 is 11.9 Å². The highest BCUT2D eigenvalue weighted by molar-refractivity contribution is 5.76. The predicted molar refractivity (Wildman–Crippen MR) is 78.9 cm³/mol. The largest absolute Gasteiger partial charge is 0.490 e. The number of halogens is 3. The normalized spacial score (nSPS) is 22.0. The fourth-order valence-electron chi connectivity index (χ4n) is 3.04. The van der Waals surface area contributed by atoms with Gasteiger partial charge in [0.1, 0.15) is 12.1 Å². The van der Waals surface area contributed by atoms with Crippen LogP contribution in [0, 0.1) is 16.7 Å². The van der Waals surface area contributed by atoms with Crippen LogP contribution in [0.3, 0.4) is 0 Å². The molecule has 1 rings (SSSR count). The van der Waals surface area contributed by atoms with Crippen molar-refractivity contribution in [3.63, 3.8) is 0 Å². The van der Waals surface area contributed by atoms with Gasteiger partial charge in [-0.2, -0.15) is 18.4 Å². The molecule has 138 valence electrons. The molecule has 0 spiro atoms. The standard InChI is InChI=1S/C13H22N2O2.C2HF3O2/c1-4-6-13(7-5-2)8-10(12(16)17-3)15-11(13)9-14;3-2(4,5)1(6)7/h10-11,15H,4-8H2,1-3H3;(H,6,7)/t10-,11?;/m0./s1. The fourth-order valence-corrected chi connectivity index (χ4v) is 3.04. The number of hydrogen-bond acceptors (Lipinski definition) is 5. The van der Waals surface area contributed by atoms with Crippen LogP contribution >= 0.6 is 0 Å². The summed E-state index contributed by atoms with van der Waals surface area (Å²) in [6.45, 7) is 4.24. The molecule has 9 heteroatoms. The topological polar surface area (TPSA) is 99.4 Å². The molecular formula is C15H23F3N2O4. The highest BCUT2D eigenvalue weighted by Gasteiger charge is 2.48. The predicted octanol–water partition coefficient (Wildman–Crippen LogP) is 2.63. The number of nitrogens with zero attached hydrogens (tertiary/aromatic N) is 1. The molecule has 1 aliphatic rings. The van der Waals surface area contributed by atoms with E-state index in [9.17, 15) is 23.2 Å². The Labute approximate surface area is 139 Å². The van der Waals surface area contributed by atoms with E-state index in [-0.39, 0.29) is 23.5 Å². The summed E-state index contributed by atoms with van der Waals surface area (Å²) < 4.78 is 36.5. The van der Waals surface area contributed by atoms with Crippen molar-refractivity contribution in [1.29, 1.82) is 5.26 Å². The molecule has 1 unspecified atom stereocenters. The second-order valence-corrected chi connectivity index (χ2v) is 5.67. The van der Waals surface area contributed by atoms with Crippen molar-refractivity contribution < 1.29 is 32.6 Å². The first-order chi connectivity index (χ1) is 11.1. The molecule has 0 radical (unpaired) electrons. The molecular weight excluding hydrogens is 329 g/mol. The highest BCUT2D eigenvalue weighted by Crippen LogP contribution is 2.43. The zero-order chi connectivity index (χ0) is 19.0. The molecule has 0 amide bonds. The smallest absolute Gasteiger partial charge is 0.475 e. The summed E-state index contributed by atoms with van der Waals surface area (Å²) in [4.78, 5) is 20.5. The van der Waals surface area contributed by atoms with Crippen molar-refractivity contribution in [2.45, 2.75) is 64.2 Å². The molecule has 0 aromatic heterocycles. The van der Waals surface area contributed by atoms with Gasteiger partial charge in [0.25, 0.3) is 0 Å². The molecule has 0 aromatic rings. The van der Waals surface area contributed by atoms with Gasteiger partial charge >= 0.3 is 18.1 Å². The fraction of sp³-hybridized carbons (Fsp3) is 0.800. The van der Waals surface area contributed by atoms with E-state index in [1.165, 1.54) is 7.11 Å². The maximum absolute atomic E-state index is 11.6. The summed E-state index contributed by atoms with van der Waals surface area (Å²) in [6, 6.07) is 1.77. The van der Waals surface area contributed by atoms with E-state index in [0.29, 0.717) is 0 Å². The number of ether oxygens (including phenoxy) is 1. The monoisotopic (exact) mass is 352 g/mol. The Kier molecular flexibility index (Phi) is 8.75. The van der Waals surface area contributed by atoms with Gasteiger partial charge < -0.3 is 9.84 Å². The number of nitrogens with one attached hydrogen (secondary N) is 1. The quantitative estimate of drug-likeness (QED) is 0.738. The Hall–Kier alpha value is -1.82. The van der Waals surface area contributed by atoms with Gasteiger partial charge in [-0.15, -0.1) is 0 Å². The molecule has 1 saturated heterocycles. The number of esters is 1. The average Bonchev–Trinajstić information content (AvgIpc) is 2.85. The van der Waals surface area contributed by atoms with Gasteiger partial charge in [-0.3, -0.25) is 10.1 Å². The molecule has 1 aliphatic heterocycles. The lowest BCUT2D eigenvalue weighted by atomic mass is 9.73. The molecule has 24 heavy (non-hydrogen) atoms. The Morgan fingerprint density at radius 3 is 2.08 bits per heavy atom. The number of methoxy groups -OCH3 is 1. The summed E-state index contributed by atoms with van der Waals surface area (Å²) in [7, 11) is 1.39. The minimum absolute atomic E-state index is 0.0584. The van der Waals surface area contributed by atoms with E-state index >= 15 is 0 Å². The van der Waals surface area contributed by atoms with Gasteiger partial charge in [0.05, 0.1) is 13.2 Å². The summed E-state index contributed by atoms with van der Waals surface area (Å²) in [5, 5.41) is 19.5. The van der Waals surface area contributed by atoms with E-state index in [4.69, 9.17) is 14.6 Å². The van der Waals surface area contributed by atoms with E-state index in [1.807, 2.05) is 0 Å². The molecule has 2 N–H and O–H groups in total. The van der Waals surface area contributed by atoms with Crippen LogP contribution in [0.2, 0.25) is 0 Å². The molecule has 0 aromatic carbocycles. The molecule has 0 bridgehead atoms. The van der Waals surface area contributed by atoms with Gasteiger partial charge in [-0.1, -0.05) is 26.7 Å².